The van der Waals surface area contributed by atoms with Crippen molar-refractivity contribution in [1.29, 1.82) is 0 Å². The Kier molecular flexibility index (Phi) is 3.92. The number of aryl methyl sites for hydroxylation is 1. The molecule has 2 aromatic rings. The van der Waals surface area contributed by atoms with Gasteiger partial charge < -0.3 is 4.74 Å². The van der Waals surface area contributed by atoms with Gasteiger partial charge in [0.2, 0.25) is 0 Å². The van der Waals surface area contributed by atoms with Crippen molar-refractivity contribution >= 4 is 5.97 Å². The van der Waals surface area contributed by atoms with Gasteiger partial charge in [-0.3, -0.25) is 4.68 Å². The fourth-order valence-corrected chi connectivity index (χ4v) is 2.72. The number of ether oxygens (including phenoxy) is 1. The Balaban J connectivity index is 2.18. The van der Waals surface area contributed by atoms with Crippen LogP contribution in [0.15, 0.2) is 54.6 Å². The standard InChI is InChI=1S/C18H18N2O2/c1-3-22-18(21)15-16(13-9-7-8-10-13)19-20(2)17(15)14-11-5-4-6-12-14/h4-13H,3H2,1-2H3. The molecule has 0 unspecified atom stereocenters. The molecule has 0 atom stereocenters. The summed E-state index contributed by atoms with van der Waals surface area (Å²) in [4.78, 5) is 12.5. The third kappa shape index (κ3) is 2.48. The molecular weight excluding hydrogens is 276 g/mol. The first-order valence-corrected chi connectivity index (χ1v) is 7.36. The number of hydrogen-bond donors (Lipinski definition) is 0. The first-order chi connectivity index (χ1) is 10.7. The van der Waals surface area contributed by atoms with Crippen molar-refractivity contribution in [2.24, 2.45) is 7.05 Å². The molecule has 4 nitrogen and oxygen atoms in total. The van der Waals surface area contributed by atoms with Gasteiger partial charge in [-0.1, -0.05) is 54.6 Å². The van der Waals surface area contributed by atoms with Gasteiger partial charge in [-0.25, -0.2) is 4.79 Å². The van der Waals surface area contributed by atoms with Crippen molar-refractivity contribution < 1.29 is 9.53 Å². The van der Waals surface area contributed by atoms with Crippen LogP contribution in [0.25, 0.3) is 11.3 Å². The predicted molar refractivity (Wildman–Crippen MR) is 85.6 cm³/mol. The Morgan fingerprint density at radius 1 is 1.23 bits per heavy atom. The topological polar surface area (TPSA) is 44.1 Å². The summed E-state index contributed by atoms with van der Waals surface area (Å²) in [5, 5.41) is 4.59. The summed E-state index contributed by atoms with van der Waals surface area (Å²) in [6, 6.07) is 9.81. The number of hydrogen-bond acceptors (Lipinski definition) is 3. The van der Waals surface area contributed by atoms with E-state index in [0.717, 1.165) is 17.0 Å². The summed E-state index contributed by atoms with van der Waals surface area (Å²) in [5.41, 5.74) is 3.04. The van der Waals surface area contributed by atoms with Crippen molar-refractivity contribution in [3.8, 4) is 11.3 Å². The number of esters is 1. The number of aromatic nitrogens is 2. The minimum atomic E-state index is -0.321. The van der Waals surface area contributed by atoms with Gasteiger partial charge in [-0.2, -0.15) is 5.10 Å². The van der Waals surface area contributed by atoms with Gasteiger partial charge in [0, 0.05) is 18.5 Å². The molecule has 1 aliphatic rings. The maximum absolute atomic E-state index is 12.5. The average molecular weight is 294 g/mol. The number of benzene rings is 1. The molecule has 112 valence electrons. The van der Waals surface area contributed by atoms with Crippen molar-refractivity contribution in [2.45, 2.75) is 12.8 Å². The Morgan fingerprint density at radius 3 is 2.55 bits per heavy atom. The van der Waals surface area contributed by atoms with E-state index >= 15 is 0 Å². The number of carbonyl (C=O) groups excluding carboxylic acids is 1. The molecule has 0 fully saturated rings. The zero-order chi connectivity index (χ0) is 15.5. The zero-order valence-electron chi connectivity index (χ0n) is 12.7. The molecule has 1 aromatic heterocycles. The van der Waals surface area contributed by atoms with Gasteiger partial charge in [-0.15, -0.1) is 0 Å². The van der Waals surface area contributed by atoms with Crippen molar-refractivity contribution in [2.75, 3.05) is 6.61 Å². The van der Waals surface area contributed by atoms with Crippen LogP contribution in [0.4, 0.5) is 0 Å². The normalized spacial score (nSPS) is 13.7. The Labute approximate surface area is 129 Å². The smallest absolute Gasteiger partial charge is 0.342 e. The van der Waals surface area contributed by atoms with Crippen molar-refractivity contribution in [1.82, 2.24) is 9.78 Å². The number of carbonyl (C=O) groups is 1. The lowest BCUT2D eigenvalue weighted by Gasteiger charge is -2.08. The van der Waals surface area contributed by atoms with E-state index in [1.54, 1.807) is 4.68 Å². The first kappa shape index (κ1) is 14.3. The van der Waals surface area contributed by atoms with Crippen molar-refractivity contribution in [3.05, 3.63) is 65.9 Å². The Morgan fingerprint density at radius 2 is 1.91 bits per heavy atom. The molecule has 4 heteroatoms. The maximum atomic E-state index is 12.5. The number of allylic oxidation sites excluding steroid dienone is 4. The summed E-state index contributed by atoms with van der Waals surface area (Å²) in [7, 11) is 1.86. The van der Waals surface area contributed by atoms with E-state index in [2.05, 4.69) is 5.10 Å². The van der Waals surface area contributed by atoms with Crippen LogP contribution < -0.4 is 0 Å². The zero-order valence-corrected chi connectivity index (χ0v) is 12.7. The number of nitrogens with zero attached hydrogens (tertiary/aromatic N) is 2. The summed E-state index contributed by atoms with van der Waals surface area (Å²) >= 11 is 0. The van der Waals surface area contributed by atoms with Gasteiger partial charge in [0.05, 0.1) is 18.0 Å². The molecule has 0 N–H and O–H groups in total. The van der Waals surface area contributed by atoms with Crippen LogP contribution in [-0.4, -0.2) is 22.4 Å². The largest absolute Gasteiger partial charge is 0.462 e. The minimum Gasteiger partial charge on any atom is -0.462 e. The predicted octanol–water partition coefficient (Wildman–Crippen LogP) is 3.47. The quantitative estimate of drug-likeness (QED) is 0.811. The molecule has 3 rings (SSSR count). The fraction of sp³-hybridized carbons (Fsp3) is 0.222. The second-order valence-corrected chi connectivity index (χ2v) is 5.11. The average Bonchev–Trinajstić information content (AvgIpc) is 3.15. The summed E-state index contributed by atoms with van der Waals surface area (Å²) in [5.74, 6) is -0.304. The van der Waals surface area contributed by atoms with E-state index in [4.69, 9.17) is 4.74 Å². The monoisotopic (exact) mass is 294 g/mol. The first-order valence-electron chi connectivity index (χ1n) is 7.36. The van der Waals surface area contributed by atoms with Gasteiger partial charge >= 0.3 is 5.97 Å². The molecule has 0 saturated carbocycles. The van der Waals surface area contributed by atoms with E-state index < -0.39 is 0 Å². The lowest BCUT2D eigenvalue weighted by molar-refractivity contribution is 0.0526. The highest BCUT2D eigenvalue weighted by Gasteiger charge is 2.28. The highest BCUT2D eigenvalue weighted by molar-refractivity contribution is 5.98. The third-order valence-electron chi connectivity index (χ3n) is 3.66. The van der Waals surface area contributed by atoms with Crippen LogP contribution in [-0.2, 0) is 11.8 Å². The summed E-state index contributed by atoms with van der Waals surface area (Å²) < 4.78 is 7.02. The van der Waals surface area contributed by atoms with Crippen LogP contribution in [0.2, 0.25) is 0 Å². The van der Waals surface area contributed by atoms with E-state index in [9.17, 15) is 4.79 Å². The van der Waals surface area contributed by atoms with Gasteiger partial charge in [0.1, 0.15) is 5.56 Å². The maximum Gasteiger partial charge on any atom is 0.342 e. The minimum absolute atomic E-state index is 0.0167. The fourth-order valence-electron chi connectivity index (χ4n) is 2.72. The molecule has 0 bridgehead atoms. The second kappa shape index (κ2) is 6.02. The molecule has 0 saturated heterocycles. The molecule has 1 heterocycles. The molecule has 0 amide bonds. The Bertz CT molecular complexity index is 730. The molecule has 0 radical (unpaired) electrons. The number of rotatable bonds is 4. The summed E-state index contributed by atoms with van der Waals surface area (Å²) in [6.07, 6.45) is 7.99. The van der Waals surface area contributed by atoms with Crippen LogP contribution in [0, 0.1) is 0 Å². The molecule has 22 heavy (non-hydrogen) atoms. The van der Waals surface area contributed by atoms with E-state index in [1.807, 2.05) is 68.6 Å². The second-order valence-electron chi connectivity index (χ2n) is 5.11. The van der Waals surface area contributed by atoms with Gasteiger partial charge in [0.25, 0.3) is 0 Å². The van der Waals surface area contributed by atoms with Gasteiger partial charge in [-0.05, 0) is 6.92 Å². The van der Waals surface area contributed by atoms with Crippen LogP contribution in [0.3, 0.4) is 0 Å². The van der Waals surface area contributed by atoms with Crippen molar-refractivity contribution in [3.63, 3.8) is 0 Å². The molecule has 0 aliphatic heterocycles. The molecular formula is C18H18N2O2. The highest BCUT2D eigenvalue weighted by Crippen LogP contribution is 2.33. The van der Waals surface area contributed by atoms with Crippen LogP contribution in [0.5, 0.6) is 0 Å². The molecule has 1 aromatic carbocycles. The van der Waals surface area contributed by atoms with E-state index in [0.29, 0.717) is 12.2 Å². The van der Waals surface area contributed by atoms with E-state index in [1.165, 1.54) is 0 Å². The van der Waals surface area contributed by atoms with Gasteiger partial charge in [0.15, 0.2) is 0 Å². The Hall–Kier alpha value is -2.62. The van der Waals surface area contributed by atoms with Crippen LogP contribution in [0.1, 0.15) is 28.9 Å². The highest BCUT2D eigenvalue weighted by atomic mass is 16.5. The SMILES string of the molecule is CCOC(=O)c1c(C2C=CC=C2)nn(C)c1-c1ccccc1. The third-order valence-corrected chi connectivity index (χ3v) is 3.66. The molecule has 0 spiro atoms. The lowest BCUT2D eigenvalue weighted by Crippen LogP contribution is -2.09. The summed E-state index contributed by atoms with van der Waals surface area (Å²) in [6.45, 7) is 2.16. The van der Waals surface area contributed by atoms with Crippen LogP contribution >= 0.6 is 0 Å². The lowest BCUT2D eigenvalue weighted by atomic mass is 9.99. The van der Waals surface area contributed by atoms with E-state index in [-0.39, 0.29) is 11.9 Å². The molecule has 1 aliphatic carbocycles.